The highest BCUT2D eigenvalue weighted by molar-refractivity contribution is 6.15. The fraction of sp³-hybridized carbons (Fsp3) is 0. The third kappa shape index (κ3) is 5.57. The molecule has 0 aliphatic rings. The normalized spacial score (nSPS) is 11.7. The lowest BCUT2D eigenvalue weighted by Crippen LogP contribution is -2.11. The van der Waals surface area contributed by atoms with E-state index in [1.54, 1.807) is 0 Å². The average molecular weight is 764 g/mol. The zero-order valence-corrected chi connectivity index (χ0v) is 32.7. The second kappa shape index (κ2) is 13.9. The fourth-order valence-electron chi connectivity index (χ4n) is 9.40. The predicted octanol–water partition coefficient (Wildman–Crippen LogP) is 16.7. The molecule has 0 amide bonds. The smallest absolute Gasteiger partial charge is 0.135 e. The molecule has 0 N–H and O–H groups in total. The van der Waals surface area contributed by atoms with Crippen LogP contribution in [0, 0.1) is 0 Å². The zero-order chi connectivity index (χ0) is 39.6. The molecule has 1 heterocycles. The van der Waals surface area contributed by atoms with Crippen molar-refractivity contribution in [3.05, 3.63) is 224 Å². The van der Waals surface area contributed by atoms with Crippen LogP contribution in [0.25, 0.3) is 98.4 Å². The molecule has 0 fully saturated rings. The van der Waals surface area contributed by atoms with E-state index >= 15 is 0 Å². The molecule has 0 unspecified atom stereocenters. The van der Waals surface area contributed by atoms with Gasteiger partial charge in [0, 0.05) is 27.7 Å². The Balaban J connectivity index is 1.07. The average Bonchev–Trinajstić information content (AvgIpc) is 3.70. The van der Waals surface area contributed by atoms with Crippen molar-refractivity contribution in [3.63, 3.8) is 0 Å². The molecule has 1 aromatic heterocycles. The van der Waals surface area contributed by atoms with Gasteiger partial charge in [-0.2, -0.15) is 0 Å². The van der Waals surface area contributed by atoms with E-state index in [0.717, 1.165) is 50.1 Å². The molecule has 280 valence electrons. The SMILES string of the molecule is c1ccc(-c2cc(-c3cccc4c3ccc3ccccc34)ccc2N(c2ccc(-c3cc4ccccc4c4ccccc34)cc2)c2ccc3oc4ccccc4c3c2)cc1. The lowest BCUT2D eigenvalue weighted by atomic mass is 9.91. The Morgan fingerprint density at radius 3 is 1.67 bits per heavy atom. The van der Waals surface area contributed by atoms with E-state index in [2.05, 4.69) is 217 Å². The molecular weight excluding hydrogens is 727 g/mol. The highest BCUT2D eigenvalue weighted by Gasteiger charge is 2.21. The topological polar surface area (TPSA) is 16.4 Å². The summed E-state index contributed by atoms with van der Waals surface area (Å²) in [5.41, 5.74) is 12.1. The van der Waals surface area contributed by atoms with Crippen LogP contribution in [0.3, 0.4) is 0 Å². The highest BCUT2D eigenvalue weighted by Crippen LogP contribution is 2.46. The van der Waals surface area contributed by atoms with Gasteiger partial charge in [-0.3, -0.25) is 0 Å². The molecule has 0 atom stereocenters. The van der Waals surface area contributed by atoms with Crippen molar-refractivity contribution in [2.45, 2.75) is 0 Å². The van der Waals surface area contributed by atoms with Crippen molar-refractivity contribution in [1.29, 1.82) is 0 Å². The van der Waals surface area contributed by atoms with Gasteiger partial charge in [0.1, 0.15) is 11.2 Å². The van der Waals surface area contributed by atoms with Gasteiger partial charge >= 0.3 is 0 Å². The molecular formula is C58H37NO. The molecule has 0 aliphatic carbocycles. The maximum atomic E-state index is 6.33. The molecule has 12 rings (SSSR count). The van der Waals surface area contributed by atoms with Crippen LogP contribution in [0.15, 0.2) is 229 Å². The van der Waals surface area contributed by atoms with Gasteiger partial charge in [0.25, 0.3) is 0 Å². The number of rotatable bonds is 6. The maximum absolute atomic E-state index is 6.33. The molecule has 60 heavy (non-hydrogen) atoms. The van der Waals surface area contributed by atoms with Crippen LogP contribution < -0.4 is 4.90 Å². The first kappa shape index (κ1) is 34.1. The molecule has 0 bridgehead atoms. The lowest BCUT2D eigenvalue weighted by Gasteiger charge is -2.29. The van der Waals surface area contributed by atoms with Crippen molar-refractivity contribution < 1.29 is 4.42 Å². The molecule has 2 heteroatoms. The first-order chi connectivity index (χ1) is 29.7. The molecule has 12 aromatic rings. The van der Waals surface area contributed by atoms with Crippen molar-refractivity contribution in [1.82, 2.24) is 0 Å². The van der Waals surface area contributed by atoms with Crippen molar-refractivity contribution in [2.75, 3.05) is 4.90 Å². The van der Waals surface area contributed by atoms with Crippen LogP contribution in [-0.2, 0) is 0 Å². The van der Waals surface area contributed by atoms with E-state index in [4.69, 9.17) is 4.42 Å². The number of furan rings is 1. The van der Waals surface area contributed by atoms with Gasteiger partial charge in [-0.05, 0) is 126 Å². The Kier molecular flexibility index (Phi) is 7.89. The Labute approximate surface area is 347 Å². The fourth-order valence-corrected chi connectivity index (χ4v) is 9.40. The second-order valence-electron chi connectivity index (χ2n) is 15.6. The van der Waals surface area contributed by atoms with Crippen LogP contribution >= 0.6 is 0 Å². The molecule has 11 aromatic carbocycles. The summed E-state index contributed by atoms with van der Waals surface area (Å²) in [5.74, 6) is 0. The first-order valence-corrected chi connectivity index (χ1v) is 20.6. The minimum Gasteiger partial charge on any atom is -0.456 e. The third-order valence-corrected chi connectivity index (χ3v) is 12.2. The number of fused-ring (bicyclic) bond motifs is 9. The summed E-state index contributed by atoms with van der Waals surface area (Å²) in [7, 11) is 0. The molecule has 0 saturated carbocycles. The van der Waals surface area contributed by atoms with Crippen LogP contribution in [0.5, 0.6) is 0 Å². The minimum atomic E-state index is 0.876. The summed E-state index contributed by atoms with van der Waals surface area (Å²) in [6, 6.07) is 81.4. The molecule has 2 nitrogen and oxygen atoms in total. The van der Waals surface area contributed by atoms with Crippen LogP contribution in [0.4, 0.5) is 17.1 Å². The van der Waals surface area contributed by atoms with E-state index in [9.17, 15) is 0 Å². The predicted molar refractivity (Wildman–Crippen MR) is 255 cm³/mol. The molecule has 0 aliphatic heterocycles. The quantitative estimate of drug-likeness (QED) is 0.157. The van der Waals surface area contributed by atoms with Gasteiger partial charge in [0.15, 0.2) is 0 Å². The number of hydrogen-bond donors (Lipinski definition) is 0. The molecule has 0 radical (unpaired) electrons. The summed E-state index contributed by atoms with van der Waals surface area (Å²) in [6.45, 7) is 0. The van der Waals surface area contributed by atoms with Crippen LogP contribution in [-0.4, -0.2) is 0 Å². The Hall–Kier alpha value is -7.94. The van der Waals surface area contributed by atoms with Crippen molar-refractivity contribution >= 4 is 82.1 Å². The third-order valence-electron chi connectivity index (χ3n) is 12.2. The van der Waals surface area contributed by atoms with Gasteiger partial charge in [0.2, 0.25) is 0 Å². The van der Waals surface area contributed by atoms with Gasteiger partial charge in [-0.1, -0.05) is 170 Å². The number of nitrogens with zero attached hydrogens (tertiary/aromatic N) is 1. The van der Waals surface area contributed by atoms with E-state index < -0.39 is 0 Å². The largest absolute Gasteiger partial charge is 0.456 e. The van der Waals surface area contributed by atoms with Crippen molar-refractivity contribution in [2.24, 2.45) is 0 Å². The summed E-state index contributed by atoms with van der Waals surface area (Å²) in [5, 5.41) is 12.3. The van der Waals surface area contributed by atoms with Gasteiger partial charge in [0.05, 0.1) is 5.69 Å². The summed E-state index contributed by atoms with van der Waals surface area (Å²) < 4.78 is 6.33. The Bertz CT molecular complexity index is 3600. The summed E-state index contributed by atoms with van der Waals surface area (Å²) in [4.78, 5) is 2.41. The summed E-state index contributed by atoms with van der Waals surface area (Å²) >= 11 is 0. The van der Waals surface area contributed by atoms with E-state index in [0.29, 0.717) is 0 Å². The van der Waals surface area contributed by atoms with E-state index in [-0.39, 0.29) is 0 Å². The number of hydrogen-bond acceptors (Lipinski definition) is 2. The minimum absolute atomic E-state index is 0.876. The molecule has 0 spiro atoms. The number of anilines is 3. The number of benzene rings is 11. The first-order valence-electron chi connectivity index (χ1n) is 20.6. The van der Waals surface area contributed by atoms with Gasteiger partial charge in [-0.25, -0.2) is 0 Å². The van der Waals surface area contributed by atoms with Crippen LogP contribution in [0.2, 0.25) is 0 Å². The monoisotopic (exact) mass is 763 g/mol. The maximum Gasteiger partial charge on any atom is 0.135 e. The van der Waals surface area contributed by atoms with Crippen LogP contribution in [0.1, 0.15) is 0 Å². The Morgan fingerprint density at radius 1 is 0.267 bits per heavy atom. The number of para-hydroxylation sites is 1. The van der Waals surface area contributed by atoms with E-state index in [1.165, 1.54) is 65.3 Å². The highest BCUT2D eigenvalue weighted by atomic mass is 16.3. The summed E-state index contributed by atoms with van der Waals surface area (Å²) in [6.07, 6.45) is 0. The van der Waals surface area contributed by atoms with Gasteiger partial charge in [-0.15, -0.1) is 0 Å². The Morgan fingerprint density at radius 2 is 0.850 bits per heavy atom. The standard InChI is InChI=1S/C58H37NO/c1-2-13-38(14-3-1)54-36-42(47-22-12-23-49-45-17-6-4-15-39(45)27-32-51(47)49)28-33-56(54)59(44-31-34-58-55(37-44)52-21-10-11-24-57(52)60-58)43-29-25-40(26-30-43)53-35-41-16-5-7-18-46(41)48-19-8-9-20-50(48)53/h1-37H. The second-order valence-corrected chi connectivity index (χ2v) is 15.6. The lowest BCUT2D eigenvalue weighted by molar-refractivity contribution is 0.669. The molecule has 0 saturated heterocycles. The van der Waals surface area contributed by atoms with Gasteiger partial charge < -0.3 is 9.32 Å². The zero-order valence-electron chi connectivity index (χ0n) is 32.7. The van der Waals surface area contributed by atoms with E-state index in [1.807, 2.05) is 12.1 Å². The van der Waals surface area contributed by atoms with Crippen molar-refractivity contribution in [3.8, 4) is 33.4 Å².